The van der Waals surface area contributed by atoms with E-state index in [-0.39, 0.29) is 5.82 Å². The number of benzene rings is 1. The van der Waals surface area contributed by atoms with Crippen molar-refractivity contribution in [2.24, 2.45) is 5.73 Å². The van der Waals surface area contributed by atoms with Crippen molar-refractivity contribution in [3.8, 4) is 0 Å². The van der Waals surface area contributed by atoms with Crippen LogP contribution in [0.4, 0.5) is 10.1 Å². The van der Waals surface area contributed by atoms with Gasteiger partial charge < -0.3 is 11.1 Å². The summed E-state index contributed by atoms with van der Waals surface area (Å²) in [5.41, 5.74) is 6.51. The fourth-order valence-electron chi connectivity index (χ4n) is 1.36. The minimum Gasteiger partial charge on any atom is -0.380 e. The molecule has 0 aliphatic carbocycles. The summed E-state index contributed by atoms with van der Waals surface area (Å²) in [5, 5.41) is 4.86. The molecule has 0 saturated carbocycles. The first-order valence-corrected chi connectivity index (χ1v) is 5.90. The lowest BCUT2D eigenvalue weighted by molar-refractivity contribution is 0.100. The molecule has 0 radical (unpaired) electrons. The van der Waals surface area contributed by atoms with Crippen LogP contribution >= 0.6 is 11.3 Å². The van der Waals surface area contributed by atoms with Gasteiger partial charge in [-0.2, -0.15) is 0 Å². The normalized spacial score (nSPS) is 10.2. The van der Waals surface area contributed by atoms with E-state index in [0.29, 0.717) is 12.1 Å². The van der Waals surface area contributed by atoms with Gasteiger partial charge in [0.15, 0.2) is 0 Å². The first-order chi connectivity index (χ1) is 8.15. The van der Waals surface area contributed by atoms with E-state index in [2.05, 4.69) is 5.32 Å². The van der Waals surface area contributed by atoms with E-state index >= 15 is 0 Å². The molecule has 1 aromatic carbocycles. The number of carbonyl (C=O) groups excluding carboxylic acids is 1. The summed E-state index contributed by atoms with van der Waals surface area (Å²) in [6, 6.07) is 7.87. The maximum Gasteiger partial charge on any atom is 0.249 e. The third-order valence-electron chi connectivity index (χ3n) is 2.25. The highest BCUT2D eigenvalue weighted by atomic mass is 32.1. The molecule has 2 aromatic rings. The molecule has 1 aromatic heterocycles. The molecular formula is C12H11FN2OS. The van der Waals surface area contributed by atoms with E-state index in [9.17, 15) is 9.18 Å². The Hall–Kier alpha value is -1.88. The molecule has 88 valence electrons. The first kappa shape index (κ1) is 11.6. The zero-order valence-electron chi connectivity index (χ0n) is 8.94. The average Bonchev–Trinajstić information content (AvgIpc) is 2.77. The maximum absolute atomic E-state index is 12.7. The molecule has 3 nitrogen and oxygen atoms in total. The third-order valence-corrected chi connectivity index (χ3v) is 3.19. The Kier molecular flexibility index (Phi) is 3.39. The summed E-state index contributed by atoms with van der Waals surface area (Å²) in [4.78, 5) is 11.9. The van der Waals surface area contributed by atoms with Crippen LogP contribution in [0.5, 0.6) is 0 Å². The van der Waals surface area contributed by atoms with Gasteiger partial charge in [0.05, 0.1) is 5.56 Å². The molecule has 0 spiro atoms. The summed E-state index contributed by atoms with van der Waals surface area (Å²) in [6.45, 7) is 0.587. The Morgan fingerprint density at radius 1 is 1.35 bits per heavy atom. The third kappa shape index (κ3) is 3.04. The molecule has 17 heavy (non-hydrogen) atoms. The molecule has 1 heterocycles. The average molecular weight is 250 g/mol. The quantitative estimate of drug-likeness (QED) is 0.876. The van der Waals surface area contributed by atoms with Crippen molar-refractivity contribution >= 4 is 22.9 Å². The molecular weight excluding hydrogens is 239 g/mol. The first-order valence-electron chi connectivity index (χ1n) is 5.02. The lowest BCUT2D eigenvalue weighted by atomic mass is 10.3. The van der Waals surface area contributed by atoms with Crippen molar-refractivity contribution in [3.05, 3.63) is 52.0 Å². The van der Waals surface area contributed by atoms with Gasteiger partial charge in [-0.3, -0.25) is 4.79 Å². The van der Waals surface area contributed by atoms with Gasteiger partial charge in [0.2, 0.25) is 5.91 Å². The number of carbonyl (C=O) groups is 1. The number of nitrogens with two attached hydrogens (primary N) is 1. The Morgan fingerprint density at radius 3 is 2.65 bits per heavy atom. The molecule has 0 saturated heterocycles. The van der Waals surface area contributed by atoms with Crippen molar-refractivity contribution < 1.29 is 9.18 Å². The van der Waals surface area contributed by atoms with Crippen molar-refractivity contribution in [1.82, 2.24) is 0 Å². The molecule has 0 aliphatic rings. The molecule has 2 rings (SSSR count). The van der Waals surface area contributed by atoms with E-state index in [4.69, 9.17) is 5.73 Å². The van der Waals surface area contributed by atoms with Crippen LogP contribution in [0.1, 0.15) is 15.2 Å². The molecule has 0 fully saturated rings. The number of hydrogen-bond acceptors (Lipinski definition) is 3. The van der Waals surface area contributed by atoms with Crippen LogP contribution in [0.15, 0.2) is 35.7 Å². The van der Waals surface area contributed by atoms with Gasteiger partial charge in [-0.25, -0.2) is 4.39 Å². The highest BCUT2D eigenvalue weighted by molar-refractivity contribution is 7.10. The number of anilines is 1. The van der Waals surface area contributed by atoms with Gasteiger partial charge in [-0.15, -0.1) is 11.3 Å². The van der Waals surface area contributed by atoms with Crippen LogP contribution in [0, 0.1) is 5.82 Å². The van der Waals surface area contributed by atoms with Crippen molar-refractivity contribution in [2.45, 2.75) is 6.54 Å². The van der Waals surface area contributed by atoms with Crippen LogP contribution in [-0.4, -0.2) is 5.91 Å². The second kappa shape index (κ2) is 4.97. The van der Waals surface area contributed by atoms with E-state index in [1.165, 1.54) is 23.5 Å². The Bertz CT molecular complexity index is 522. The second-order valence-electron chi connectivity index (χ2n) is 3.53. The number of primary amides is 1. The van der Waals surface area contributed by atoms with Gasteiger partial charge >= 0.3 is 0 Å². The summed E-state index contributed by atoms with van der Waals surface area (Å²) >= 11 is 1.46. The van der Waals surface area contributed by atoms with Crippen LogP contribution < -0.4 is 11.1 Å². The van der Waals surface area contributed by atoms with Crippen molar-refractivity contribution in [2.75, 3.05) is 5.32 Å². The molecule has 5 heteroatoms. The number of nitrogens with one attached hydrogen (secondary N) is 1. The predicted molar refractivity (Wildman–Crippen MR) is 66.6 cm³/mol. The smallest absolute Gasteiger partial charge is 0.249 e. The minimum atomic E-state index is -0.422. The molecule has 1 amide bonds. The maximum atomic E-state index is 12.7. The molecule has 0 atom stereocenters. The molecule has 3 N–H and O–H groups in total. The zero-order chi connectivity index (χ0) is 12.3. The largest absolute Gasteiger partial charge is 0.380 e. The summed E-state index contributed by atoms with van der Waals surface area (Å²) in [7, 11) is 0. The Morgan fingerprint density at radius 2 is 2.06 bits per heavy atom. The van der Waals surface area contributed by atoms with Crippen LogP contribution in [0.3, 0.4) is 0 Å². The van der Waals surface area contributed by atoms with Crippen LogP contribution in [-0.2, 0) is 6.54 Å². The Balaban J connectivity index is 1.97. The van der Waals surface area contributed by atoms with Gasteiger partial charge in [-0.1, -0.05) is 0 Å². The summed E-state index contributed by atoms with van der Waals surface area (Å²) in [5.74, 6) is -0.683. The van der Waals surface area contributed by atoms with Gasteiger partial charge in [-0.05, 0) is 30.3 Å². The van der Waals surface area contributed by atoms with Gasteiger partial charge in [0.25, 0.3) is 0 Å². The van der Waals surface area contributed by atoms with E-state index in [0.717, 1.165) is 10.6 Å². The lowest BCUT2D eigenvalue weighted by Gasteiger charge is -2.03. The second-order valence-corrected chi connectivity index (χ2v) is 4.52. The Labute approximate surface area is 102 Å². The molecule has 0 unspecified atom stereocenters. The number of hydrogen-bond donors (Lipinski definition) is 2. The number of halogens is 1. The van der Waals surface area contributed by atoms with Crippen molar-refractivity contribution in [1.29, 1.82) is 0 Å². The van der Waals surface area contributed by atoms with Crippen LogP contribution in [0.2, 0.25) is 0 Å². The van der Waals surface area contributed by atoms with Crippen molar-refractivity contribution in [3.63, 3.8) is 0 Å². The van der Waals surface area contributed by atoms with E-state index in [1.54, 1.807) is 23.6 Å². The predicted octanol–water partition coefficient (Wildman–Crippen LogP) is 2.60. The SMILES string of the molecule is NC(=O)c1csc(CNc2ccc(F)cc2)c1. The topological polar surface area (TPSA) is 55.1 Å². The van der Waals surface area contributed by atoms with Gasteiger partial charge in [0, 0.05) is 22.5 Å². The number of rotatable bonds is 4. The highest BCUT2D eigenvalue weighted by Crippen LogP contribution is 2.16. The van der Waals surface area contributed by atoms with E-state index < -0.39 is 5.91 Å². The number of amides is 1. The van der Waals surface area contributed by atoms with Gasteiger partial charge in [0.1, 0.15) is 5.82 Å². The van der Waals surface area contributed by atoms with Crippen LogP contribution in [0.25, 0.3) is 0 Å². The van der Waals surface area contributed by atoms with E-state index in [1.807, 2.05) is 0 Å². The number of thiophene rings is 1. The molecule has 0 aliphatic heterocycles. The fraction of sp³-hybridized carbons (Fsp3) is 0.0833. The monoisotopic (exact) mass is 250 g/mol. The molecule has 0 bridgehead atoms. The lowest BCUT2D eigenvalue weighted by Crippen LogP contribution is -2.09. The standard InChI is InChI=1S/C12H11FN2OS/c13-9-1-3-10(4-2-9)15-6-11-5-8(7-17-11)12(14)16/h1-5,7,15H,6H2,(H2,14,16). The minimum absolute atomic E-state index is 0.261. The summed E-state index contributed by atoms with van der Waals surface area (Å²) < 4.78 is 12.7. The zero-order valence-corrected chi connectivity index (χ0v) is 9.76. The fourth-order valence-corrected chi connectivity index (χ4v) is 2.17. The highest BCUT2D eigenvalue weighted by Gasteiger charge is 2.04. The summed E-state index contributed by atoms with van der Waals surface area (Å²) in [6.07, 6.45) is 0.